The number of hydrazone groups is 1. The van der Waals surface area contributed by atoms with Crippen LogP contribution in [-0.4, -0.2) is 41.0 Å². The molecule has 0 bridgehead atoms. The molecule has 0 radical (unpaired) electrons. The predicted molar refractivity (Wildman–Crippen MR) is 118 cm³/mol. The fraction of sp³-hybridized carbons (Fsp3) is 0.458. The normalized spacial score (nSPS) is 22.8. The van der Waals surface area contributed by atoms with Crippen molar-refractivity contribution in [1.82, 2.24) is 9.91 Å². The van der Waals surface area contributed by atoms with E-state index in [0.717, 1.165) is 60.9 Å². The van der Waals surface area contributed by atoms with Gasteiger partial charge in [0, 0.05) is 48.5 Å². The SMILES string of the molecule is CCCN1CCC2(CC1)Oc1ccc(C)cc1C1CC(c3ccccc3Cl)=NN12. The van der Waals surface area contributed by atoms with Crippen LogP contribution in [0.4, 0.5) is 0 Å². The van der Waals surface area contributed by atoms with Crippen LogP contribution in [-0.2, 0) is 0 Å². The molecule has 0 N–H and O–H groups in total. The maximum atomic E-state index is 6.73. The summed E-state index contributed by atoms with van der Waals surface area (Å²) < 4.78 is 6.73. The van der Waals surface area contributed by atoms with Gasteiger partial charge >= 0.3 is 0 Å². The third-order valence-corrected chi connectivity index (χ3v) is 6.84. The molecule has 1 spiro atoms. The summed E-state index contributed by atoms with van der Waals surface area (Å²) in [5, 5.41) is 8.18. The first-order valence-corrected chi connectivity index (χ1v) is 11.1. The Morgan fingerprint density at radius 3 is 2.72 bits per heavy atom. The summed E-state index contributed by atoms with van der Waals surface area (Å²) in [6.07, 6.45) is 3.99. The molecule has 5 rings (SSSR count). The minimum atomic E-state index is -0.361. The standard InChI is InChI=1S/C24H28ClN3O/c1-3-12-27-13-10-24(11-14-27)28-22(19-15-17(2)8-9-23(19)29-24)16-21(26-28)18-6-4-5-7-20(18)25/h4-9,15,22H,3,10-14,16H2,1-2H3. The van der Waals surface area contributed by atoms with E-state index in [2.05, 4.69) is 48.0 Å². The van der Waals surface area contributed by atoms with E-state index in [1.54, 1.807) is 0 Å². The second-order valence-electron chi connectivity index (χ2n) is 8.52. The van der Waals surface area contributed by atoms with Crippen LogP contribution in [0.2, 0.25) is 5.02 Å². The number of benzene rings is 2. The highest BCUT2D eigenvalue weighted by Crippen LogP contribution is 2.50. The highest BCUT2D eigenvalue weighted by Gasteiger charge is 2.51. The minimum absolute atomic E-state index is 0.211. The van der Waals surface area contributed by atoms with E-state index in [4.69, 9.17) is 21.4 Å². The summed E-state index contributed by atoms with van der Waals surface area (Å²) in [6.45, 7) is 7.65. The van der Waals surface area contributed by atoms with Crippen molar-refractivity contribution in [2.24, 2.45) is 5.10 Å². The Balaban J connectivity index is 1.55. The van der Waals surface area contributed by atoms with E-state index >= 15 is 0 Å². The van der Waals surface area contributed by atoms with Crippen LogP contribution >= 0.6 is 11.6 Å². The lowest BCUT2D eigenvalue weighted by Gasteiger charge is -2.51. The summed E-state index contributed by atoms with van der Waals surface area (Å²) in [5.41, 5.74) is 4.25. The number of ether oxygens (including phenoxy) is 1. The van der Waals surface area contributed by atoms with Crippen LogP contribution in [0, 0.1) is 6.92 Å². The highest BCUT2D eigenvalue weighted by atomic mass is 35.5. The molecule has 3 aliphatic rings. The lowest BCUT2D eigenvalue weighted by atomic mass is 9.90. The molecule has 0 aliphatic carbocycles. The molecule has 0 amide bonds. The monoisotopic (exact) mass is 409 g/mol. The molecule has 29 heavy (non-hydrogen) atoms. The summed E-state index contributed by atoms with van der Waals surface area (Å²) in [5.74, 6) is 1.02. The van der Waals surface area contributed by atoms with E-state index in [-0.39, 0.29) is 11.8 Å². The number of fused-ring (bicyclic) bond motifs is 4. The van der Waals surface area contributed by atoms with Gasteiger partial charge in [-0.1, -0.05) is 54.4 Å². The van der Waals surface area contributed by atoms with Crippen LogP contribution in [0.5, 0.6) is 5.75 Å². The van der Waals surface area contributed by atoms with Crippen molar-refractivity contribution in [3.05, 3.63) is 64.2 Å². The zero-order chi connectivity index (χ0) is 20.0. The molecule has 2 aromatic rings. The van der Waals surface area contributed by atoms with Gasteiger partial charge in [0.25, 0.3) is 0 Å². The predicted octanol–water partition coefficient (Wildman–Crippen LogP) is 5.39. The minimum Gasteiger partial charge on any atom is -0.466 e. The number of hydrogen-bond donors (Lipinski definition) is 0. The van der Waals surface area contributed by atoms with Crippen LogP contribution in [0.15, 0.2) is 47.6 Å². The molecule has 5 heteroatoms. The van der Waals surface area contributed by atoms with Gasteiger partial charge in [0.1, 0.15) is 5.75 Å². The lowest BCUT2D eigenvalue weighted by Crippen LogP contribution is -2.59. The van der Waals surface area contributed by atoms with Gasteiger partial charge in [0.05, 0.1) is 11.8 Å². The molecular formula is C24H28ClN3O. The number of nitrogens with zero attached hydrogens (tertiary/aromatic N) is 3. The third-order valence-electron chi connectivity index (χ3n) is 6.51. The van der Waals surface area contributed by atoms with E-state index in [9.17, 15) is 0 Å². The Morgan fingerprint density at radius 1 is 1.17 bits per heavy atom. The molecule has 2 aromatic carbocycles. The van der Waals surface area contributed by atoms with Crippen molar-refractivity contribution in [1.29, 1.82) is 0 Å². The van der Waals surface area contributed by atoms with Crippen molar-refractivity contribution in [2.45, 2.75) is 51.3 Å². The maximum absolute atomic E-state index is 6.73. The smallest absolute Gasteiger partial charge is 0.200 e. The molecule has 1 saturated heterocycles. The largest absolute Gasteiger partial charge is 0.466 e. The van der Waals surface area contributed by atoms with Crippen LogP contribution < -0.4 is 4.74 Å². The third kappa shape index (κ3) is 3.23. The number of likely N-dealkylation sites (tertiary alicyclic amines) is 1. The van der Waals surface area contributed by atoms with Gasteiger partial charge in [-0.25, -0.2) is 5.01 Å². The van der Waals surface area contributed by atoms with E-state index in [1.807, 2.05) is 18.2 Å². The molecule has 1 atom stereocenters. The molecule has 152 valence electrons. The van der Waals surface area contributed by atoms with E-state index in [1.165, 1.54) is 17.5 Å². The number of aryl methyl sites for hydroxylation is 1. The van der Waals surface area contributed by atoms with Gasteiger partial charge in [-0.3, -0.25) is 0 Å². The fourth-order valence-electron chi connectivity index (χ4n) is 5.03. The average molecular weight is 410 g/mol. The Bertz CT molecular complexity index is 949. The number of halogens is 1. The first-order valence-electron chi connectivity index (χ1n) is 10.7. The molecule has 0 aromatic heterocycles. The molecule has 1 fully saturated rings. The Morgan fingerprint density at radius 2 is 1.97 bits per heavy atom. The second-order valence-corrected chi connectivity index (χ2v) is 8.93. The molecule has 4 nitrogen and oxygen atoms in total. The van der Waals surface area contributed by atoms with Crippen molar-refractivity contribution >= 4 is 17.3 Å². The molecule has 0 saturated carbocycles. The molecular weight excluding hydrogens is 382 g/mol. The van der Waals surface area contributed by atoms with Crippen molar-refractivity contribution in [3.63, 3.8) is 0 Å². The van der Waals surface area contributed by atoms with Crippen LogP contribution in [0.3, 0.4) is 0 Å². The lowest BCUT2D eigenvalue weighted by molar-refractivity contribution is -0.149. The Kier molecular flexibility index (Phi) is 4.79. The molecule has 1 unspecified atom stereocenters. The summed E-state index contributed by atoms with van der Waals surface area (Å²) >= 11 is 6.52. The number of hydrogen-bond acceptors (Lipinski definition) is 4. The zero-order valence-electron chi connectivity index (χ0n) is 17.2. The topological polar surface area (TPSA) is 28.1 Å². The summed E-state index contributed by atoms with van der Waals surface area (Å²) in [7, 11) is 0. The zero-order valence-corrected chi connectivity index (χ0v) is 18.0. The van der Waals surface area contributed by atoms with Crippen molar-refractivity contribution in [3.8, 4) is 5.75 Å². The first kappa shape index (κ1) is 19.0. The van der Waals surface area contributed by atoms with Gasteiger partial charge in [-0.05, 0) is 32.0 Å². The fourth-order valence-corrected chi connectivity index (χ4v) is 5.28. The maximum Gasteiger partial charge on any atom is 0.200 e. The molecule has 3 heterocycles. The Hall–Kier alpha value is -2.04. The van der Waals surface area contributed by atoms with Crippen LogP contribution in [0.1, 0.15) is 55.3 Å². The highest BCUT2D eigenvalue weighted by molar-refractivity contribution is 6.34. The summed E-state index contributed by atoms with van der Waals surface area (Å²) in [4.78, 5) is 2.54. The summed E-state index contributed by atoms with van der Waals surface area (Å²) in [6, 6.07) is 14.8. The second kappa shape index (κ2) is 7.33. The van der Waals surface area contributed by atoms with Gasteiger partial charge < -0.3 is 9.64 Å². The number of rotatable bonds is 3. The number of piperidine rings is 1. The van der Waals surface area contributed by atoms with Gasteiger partial charge in [-0.2, -0.15) is 5.10 Å². The van der Waals surface area contributed by atoms with Gasteiger partial charge in [0.2, 0.25) is 5.72 Å². The van der Waals surface area contributed by atoms with Crippen LogP contribution in [0.25, 0.3) is 0 Å². The quantitative estimate of drug-likeness (QED) is 0.679. The van der Waals surface area contributed by atoms with Gasteiger partial charge in [-0.15, -0.1) is 0 Å². The van der Waals surface area contributed by atoms with E-state index < -0.39 is 0 Å². The van der Waals surface area contributed by atoms with Crippen molar-refractivity contribution in [2.75, 3.05) is 19.6 Å². The van der Waals surface area contributed by atoms with Gasteiger partial charge in [0.15, 0.2) is 0 Å². The Labute approximate surface area is 178 Å². The average Bonchev–Trinajstić information content (AvgIpc) is 3.18. The molecule has 3 aliphatic heterocycles. The van der Waals surface area contributed by atoms with Crippen molar-refractivity contribution < 1.29 is 4.74 Å². The first-order chi connectivity index (χ1) is 14.1. The van der Waals surface area contributed by atoms with E-state index in [0.29, 0.717) is 0 Å².